The van der Waals surface area contributed by atoms with Crippen LogP contribution in [0.2, 0.25) is 0 Å². The highest BCUT2D eigenvalue weighted by Gasteiger charge is 2.38. The molecule has 1 N–H and O–H groups in total. The van der Waals surface area contributed by atoms with Gasteiger partial charge < -0.3 is 9.84 Å². The van der Waals surface area contributed by atoms with E-state index in [9.17, 15) is 23.5 Å². The van der Waals surface area contributed by atoms with E-state index >= 15 is 0 Å². The molecule has 1 amide bonds. The summed E-state index contributed by atoms with van der Waals surface area (Å²) in [6.45, 7) is 5.37. The van der Waals surface area contributed by atoms with Gasteiger partial charge in [-0.2, -0.15) is 0 Å². The number of carbonyl (C=O) groups is 2. The molecular weight excluding hydrogens is 332 g/mol. The predicted octanol–water partition coefficient (Wildman–Crippen LogP) is 3.61. The van der Waals surface area contributed by atoms with E-state index in [0.29, 0.717) is 18.4 Å². The van der Waals surface area contributed by atoms with E-state index in [1.807, 2.05) is 0 Å². The average Bonchev–Trinajstić information content (AvgIpc) is 2.44. The van der Waals surface area contributed by atoms with Gasteiger partial charge in [0.2, 0.25) is 0 Å². The molecule has 0 aromatic heterocycles. The minimum Gasteiger partial charge on any atom is -0.480 e. The molecule has 1 fully saturated rings. The summed E-state index contributed by atoms with van der Waals surface area (Å²) in [7, 11) is 0. The van der Waals surface area contributed by atoms with Crippen molar-refractivity contribution in [3.63, 3.8) is 0 Å². The van der Waals surface area contributed by atoms with E-state index in [1.165, 1.54) is 17.0 Å². The zero-order valence-corrected chi connectivity index (χ0v) is 14.6. The van der Waals surface area contributed by atoms with Gasteiger partial charge >= 0.3 is 12.1 Å². The number of aliphatic carboxylic acids is 1. The van der Waals surface area contributed by atoms with Gasteiger partial charge in [-0.3, -0.25) is 4.90 Å². The molecule has 1 aromatic rings. The predicted molar refractivity (Wildman–Crippen MR) is 87.1 cm³/mol. The van der Waals surface area contributed by atoms with Crippen LogP contribution in [0.4, 0.5) is 13.6 Å². The molecule has 1 aromatic carbocycles. The summed E-state index contributed by atoms with van der Waals surface area (Å²) < 4.78 is 31.9. The number of benzene rings is 1. The van der Waals surface area contributed by atoms with Crippen LogP contribution in [0.25, 0.3) is 0 Å². The Morgan fingerprint density at radius 1 is 1.24 bits per heavy atom. The fourth-order valence-corrected chi connectivity index (χ4v) is 3.06. The fourth-order valence-electron chi connectivity index (χ4n) is 3.06. The molecule has 7 heteroatoms. The number of carboxylic acid groups (broad SMARTS) is 1. The largest absolute Gasteiger partial charge is 0.480 e. The first-order valence-electron chi connectivity index (χ1n) is 8.22. The van der Waals surface area contributed by atoms with Crippen molar-refractivity contribution in [3.05, 3.63) is 35.4 Å². The number of nitrogens with zero attached hydrogens (tertiary/aromatic N) is 1. The lowest BCUT2D eigenvalue weighted by molar-refractivity contribution is -0.145. The van der Waals surface area contributed by atoms with Crippen LogP contribution in [-0.4, -0.2) is 40.3 Å². The van der Waals surface area contributed by atoms with E-state index in [1.54, 1.807) is 20.8 Å². The van der Waals surface area contributed by atoms with Gasteiger partial charge in [-0.05, 0) is 63.6 Å². The van der Waals surface area contributed by atoms with Crippen LogP contribution in [0.5, 0.6) is 0 Å². The molecule has 0 radical (unpaired) electrons. The molecule has 138 valence electrons. The molecule has 1 heterocycles. The number of ether oxygens (including phenoxy) is 1. The van der Waals surface area contributed by atoms with Crippen molar-refractivity contribution in [2.24, 2.45) is 5.92 Å². The van der Waals surface area contributed by atoms with Crippen LogP contribution in [0.1, 0.15) is 39.2 Å². The monoisotopic (exact) mass is 355 g/mol. The van der Waals surface area contributed by atoms with E-state index in [2.05, 4.69) is 0 Å². The number of hydrogen-bond donors (Lipinski definition) is 1. The second kappa shape index (κ2) is 7.37. The topological polar surface area (TPSA) is 66.8 Å². The van der Waals surface area contributed by atoms with Crippen LogP contribution >= 0.6 is 0 Å². The Bertz CT molecular complexity index is 637. The van der Waals surface area contributed by atoms with E-state index in [0.717, 1.165) is 6.07 Å². The summed E-state index contributed by atoms with van der Waals surface area (Å²) in [4.78, 5) is 25.0. The highest BCUT2D eigenvalue weighted by atomic mass is 19.1. The molecule has 0 aliphatic carbocycles. The molecule has 1 aliphatic rings. The Balaban J connectivity index is 2.07. The van der Waals surface area contributed by atoms with Crippen LogP contribution < -0.4 is 0 Å². The number of rotatable bonds is 3. The van der Waals surface area contributed by atoms with Gasteiger partial charge in [-0.15, -0.1) is 0 Å². The maximum Gasteiger partial charge on any atom is 0.411 e. The first-order valence-corrected chi connectivity index (χ1v) is 8.22. The number of halogens is 2. The fraction of sp³-hybridized carbons (Fsp3) is 0.556. The number of carbonyl (C=O) groups excluding carboxylic acids is 1. The number of amides is 1. The maximum atomic E-state index is 13.3. The molecule has 2 atom stereocenters. The normalized spacial score (nSPS) is 21.1. The first kappa shape index (κ1) is 19.1. The third kappa shape index (κ3) is 5.41. The van der Waals surface area contributed by atoms with Crippen molar-refractivity contribution in [2.45, 2.75) is 51.7 Å². The first-order chi connectivity index (χ1) is 11.5. The zero-order valence-electron chi connectivity index (χ0n) is 14.6. The standard InChI is InChI=1S/C18H23F2NO4/c1-18(2,3)25-17(24)21-5-4-11(9-15(21)16(22)23)6-12-7-13(19)10-14(20)8-12/h7-8,10-11,15H,4-6,9H2,1-3H3,(H,22,23). The Morgan fingerprint density at radius 2 is 1.84 bits per heavy atom. The Hall–Kier alpha value is -2.18. The summed E-state index contributed by atoms with van der Waals surface area (Å²) >= 11 is 0. The lowest BCUT2D eigenvalue weighted by Crippen LogP contribution is -2.51. The summed E-state index contributed by atoms with van der Waals surface area (Å²) in [6, 6.07) is 2.29. The summed E-state index contributed by atoms with van der Waals surface area (Å²) in [6.07, 6.45) is 0.462. The van der Waals surface area contributed by atoms with E-state index < -0.39 is 35.3 Å². The molecule has 0 bridgehead atoms. The number of hydrogen-bond acceptors (Lipinski definition) is 3. The van der Waals surface area contributed by atoms with Crippen molar-refractivity contribution in [3.8, 4) is 0 Å². The van der Waals surface area contributed by atoms with Gasteiger partial charge in [0.15, 0.2) is 0 Å². The van der Waals surface area contributed by atoms with Gasteiger partial charge in [0.05, 0.1) is 0 Å². The summed E-state index contributed by atoms with van der Waals surface area (Å²) in [5.74, 6) is -2.51. The molecule has 2 rings (SSSR count). The summed E-state index contributed by atoms with van der Waals surface area (Å²) in [5.41, 5.74) is -0.229. The lowest BCUT2D eigenvalue weighted by Gasteiger charge is -2.38. The van der Waals surface area contributed by atoms with Crippen LogP contribution in [0, 0.1) is 17.6 Å². The molecule has 1 saturated heterocycles. The molecule has 2 unspecified atom stereocenters. The van der Waals surface area contributed by atoms with Crippen LogP contribution in [0.15, 0.2) is 18.2 Å². The summed E-state index contributed by atoms with van der Waals surface area (Å²) in [5, 5.41) is 9.46. The van der Waals surface area contributed by atoms with Crippen LogP contribution in [-0.2, 0) is 16.0 Å². The van der Waals surface area contributed by atoms with Gasteiger partial charge in [0.1, 0.15) is 23.3 Å². The lowest BCUT2D eigenvalue weighted by atomic mass is 9.86. The minimum absolute atomic E-state index is 0.0824. The van der Waals surface area contributed by atoms with Gasteiger partial charge in [-0.1, -0.05) is 0 Å². The highest BCUT2D eigenvalue weighted by molar-refractivity contribution is 5.80. The molecule has 25 heavy (non-hydrogen) atoms. The van der Waals surface area contributed by atoms with Crippen molar-refractivity contribution >= 4 is 12.1 Å². The average molecular weight is 355 g/mol. The Kier molecular flexibility index (Phi) is 5.65. The molecule has 5 nitrogen and oxygen atoms in total. The second-order valence-electron chi connectivity index (χ2n) is 7.40. The number of piperidine rings is 1. The van der Waals surface area contributed by atoms with Crippen molar-refractivity contribution in [1.29, 1.82) is 0 Å². The highest BCUT2D eigenvalue weighted by Crippen LogP contribution is 2.28. The van der Waals surface area contributed by atoms with Gasteiger partial charge in [0.25, 0.3) is 0 Å². The van der Waals surface area contributed by atoms with Crippen molar-refractivity contribution < 1.29 is 28.2 Å². The molecule has 0 saturated carbocycles. The molecule has 1 aliphatic heterocycles. The SMILES string of the molecule is CC(C)(C)OC(=O)N1CCC(Cc2cc(F)cc(F)c2)CC1C(=O)O. The molecular formula is C18H23F2NO4. The molecule has 0 spiro atoms. The second-order valence-corrected chi connectivity index (χ2v) is 7.40. The van der Waals surface area contributed by atoms with Crippen molar-refractivity contribution in [1.82, 2.24) is 4.90 Å². The Morgan fingerprint density at radius 3 is 2.36 bits per heavy atom. The maximum absolute atomic E-state index is 13.3. The van der Waals surface area contributed by atoms with Crippen LogP contribution in [0.3, 0.4) is 0 Å². The van der Waals surface area contributed by atoms with Crippen molar-refractivity contribution in [2.75, 3.05) is 6.54 Å². The third-order valence-corrected chi connectivity index (χ3v) is 4.07. The zero-order chi connectivity index (χ0) is 18.8. The van der Waals surface area contributed by atoms with Gasteiger partial charge in [0, 0.05) is 12.6 Å². The van der Waals surface area contributed by atoms with E-state index in [-0.39, 0.29) is 18.9 Å². The quantitative estimate of drug-likeness (QED) is 0.899. The smallest absolute Gasteiger partial charge is 0.411 e. The van der Waals surface area contributed by atoms with E-state index in [4.69, 9.17) is 4.74 Å². The number of carboxylic acids is 1. The number of likely N-dealkylation sites (tertiary alicyclic amines) is 1. The third-order valence-electron chi connectivity index (χ3n) is 4.07. The Labute approximate surface area is 145 Å². The minimum atomic E-state index is -1.11. The van der Waals surface area contributed by atoms with Gasteiger partial charge in [-0.25, -0.2) is 18.4 Å².